The van der Waals surface area contributed by atoms with Crippen LogP contribution in [0.1, 0.15) is 0 Å². The maximum Gasteiger partial charge on any atom is 0.164 e. The second kappa shape index (κ2) is 15.2. The molecule has 0 saturated carbocycles. The van der Waals surface area contributed by atoms with E-state index in [1.54, 1.807) is 0 Å². The van der Waals surface area contributed by atoms with Crippen molar-refractivity contribution in [2.45, 2.75) is 0 Å². The van der Waals surface area contributed by atoms with Gasteiger partial charge in [-0.15, -0.1) is 0 Å². The summed E-state index contributed by atoms with van der Waals surface area (Å²) >= 11 is 0. The molecule has 0 fully saturated rings. The third-order valence-electron chi connectivity index (χ3n) is 12.0. The van der Waals surface area contributed by atoms with E-state index < -0.39 is 0 Å². The van der Waals surface area contributed by atoms with Gasteiger partial charge in [-0.1, -0.05) is 182 Å². The first kappa shape index (κ1) is 36.3. The Balaban J connectivity index is 1.01. The summed E-state index contributed by atoms with van der Waals surface area (Å²) in [6.07, 6.45) is 0. The molecule has 63 heavy (non-hydrogen) atoms. The Morgan fingerprint density at radius 1 is 0.270 bits per heavy atom. The Hall–Kier alpha value is -8.54. The van der Waals surface area contributed by atoms with Crippen molar-refractivity contribution < 1.29 is 0 Å². The molecule has 294 valence electrons. The quantitative estimate of drug-likeness (QED) is 0.151. The number of benzene rings is 9. The summed E-state index contributed by atoms with van der Waals surface area (Å²) in [4.78, 5) is 20.3. The molecule has 5 nitrogen and oxygen atoms in total. The summed E-state index contributed by atoms with van der Waals surface area (Å²) < 4.78 is 2.41. The normalized spacial score (nSPS) is 11.5. The number of hydrogen-bond donors (Lipinski definition) is 0. The van der Waals surface area contributed by atoms with E-state index in [1.807, 2.05) is 60.7 Å². The van der Waals surface area contributed by atoms with Gasteiger partial charge in [0.15, 0.2) is 17.5 Å². The highest BCUT2D eigenvalue weighted by atomic mass is 15.0. The lowest BCUT2D eigenvalue weighted by atomic mass is 9.95. The van der Waals surface area contributed by atoms with E-state index in [9.17, 15) is 0 Å². The first-order valence-corrected chi connectivity index (χ1v) is 21.2. The van der Waals surface area contributed by atoms with Crippen molar-refractivity contribution in [2.75, 3.05) is 0 Å². The second-order valence-corrected chi connectivity index (χ2v) is 15.8. The molecule has 3 heterocycles. The van der Waals surface area contributed by atoms with Gasteiger partial charge in [-0.2, -0.15) is 0 Å². The molecule has 0 aliphatic carbocycles. The fraction of sp³-hybridized carbons (Fsp3) is 0. The Kier molecular flexibility index (Phi) is 8.75. The molecule has 5 heteroatoms. The smallest absolute Gasteiger partial charge is 0.164 e. The molecule has 0 N–H and O–H groups in total. The molecule has 0 aliphatic rings. The number of pyridine rings is 1. The molecule has 9 aromatic carbocycles. The van der Waals surface area contributed by atoms with Crippen molar-refractivity contribution in [2.24, 2.45) is 0 Å². The number of fused-ring (bicyclic) bond motifs is 7. The molecule has 0 atom stereocenters. The van der Waals surface area contributed by atoms with Crippen molar-refractivity contribution in [1.82, 2.24) is 24.5 Å². The summed E-state index contributed by atoms with van der Waals surface area (Å²) in [6.45, 7) is 0. The van der Waals surface area contributed by atoms with Gasteiger partial charge in [0.1, 0.15) is 0 Å². The van der Waals surface area contributed by atoms with Crippen LogP contribution in [0.15, 0.2) is 224 Å². The number of hydrogen-bond acceptors (Lipinski definition) is 4. The van der Waals surface area contributed by atoms with Gasteiger partial charge < -0.3 is 4.57 Å². The molecule has 0 radical (unpaired) electrons. The largest absolute Gasteiger partial charge is 0.309 e. The van der Waals surface area contributed by atoms with Crippen molar-refractivity contribution in [3.05, 3.63) is 224 Å². The van der Waals surface area contributed by atoms with E-state index >= 15 is 0 Å². The summed E-state index contributed by atoms with van der Waals surface area (Å²) in [5, 5.41) is 5.89. The van der Waals surface area contributed by atoms with Crippen LogP contribution in [0.3, 0.4) is 0 Å². The molecular formula is C58H37N5. The van der Waals surface area contributed by atoms with Crippen LogP contribution in [-0.2, 0) is 0 Å². The molecule has 0 aliphatic heterocycles. The van der Waals surface area contributed by atoms with Gasteiger partial charge in [0.25, 0.3) is 0 Å². The van der Waals surface area contributed by atoms with Gasteiger partial charge in [0.2, 0.25) is 0 Å². The number of rotatable bonds is 7. The van der Waals surface area contributed by atoms with Gasteiger partial charge in [-0.3, -0.25) is 0 Å². The topological polar surface area (TPSA) is 56.5 Å². The highest BCUT2D eigenvalue weighted by molar-refractivity contribution is 6.28. The Labute approximate surface area is 364 Å². The SMILES string of the molecule is c1ccc(-c2nc(-c3ccccc3)nc(-c3cccc(-c4cccc(-c5ccc6c7c8c(-c9ccccc9)nc9ccccc9c8ccc7n(-c7ccccc7)c6c5)c4)c3)n2)cc1. The molecule has 0 amide bonds. The van der Waals surface area contributed by atoms with E-state index in [2.05, 4.69) is 168 Å². The van der Waals surface area contributed by atoms with Crippen LogP contribution in [0.25, 0.3) is 117 Å². The van der Waals surface area contributed by atoms with Gasteiger partial charge in [0, 0.05) is 49.5 Å². The standard InChI is InChI=1S/C58H37N5/c1-5-17-38(18-6-1)55-54-48(47-29-13-14-30-50(47)59-55)33-34-51-53(54)49-32-31-44(37-52(49)63(51)46-27-11-4-12-28-46)42-24-15-23-41(35-42)43-25-16-26-45(36-43)58-61-56(39-19-7-2-8-20-39)60-57(62-58)40-21-9-3-10-22-40/h1-37H. The van der Waals surface area contributed by atoms with Gasteiger partial charge >= 0.3 is 0 Å². The number of nitrogens with zero attached hydrogens (tertiary/aromatic N) is 5. The van der Waals surface area contributed by atoms with Crippen LogP contribution < -0.4 is 0 Å². The molecule has 12 rings (SSSR count). The first-order valence-electron chi connectivity index (χ1n) is 21.2. The molecule has 0 saturated heterocycles. The van der Waals surface area contributed by atoms with Crippen molar-refractivity contribution in [3.8, 4) is 73.4 Å². The van der Waals surface area contributed by atoms with Crippen molar-refractivity contribution in [3.63, 3.8) is 0 Å². The zero-order valence-electron chi connectivity index (χ0n) is 34.1. The zero-order chi connectivity index (χ0) is 41.7. The molecule has 0 spiro atoms. The molecule has 0 unspecified atom stereocenters. The third-order valence-corrected chi connectivity index (χ3v) is 12.0. The maximum atomic E-state index is 5.36. The van der Waals surface area contributed by atoms with E-state index in [0.29, 0.717) is 17.5 Å². The van der Waals surface area contributed by atoms with Gasteiger partial charge in [0.05, 0.1) is 22.2 Å². The third kappa shape index (κ3) is 6.42. The van der Waals surface area contributed by atoms with Crippen LogP contribution in [0.5, 0.6) is 0 Å². The minimum Gasteiger partial charge on any atom is -0.309 e. The average Bonchev–Trinajstić information content (AvgIpc) is 3.71. The highest BCUT2D eigenvalue weighted by Crippen LogP contribution is 2.44. The van der Waals surface area contributed by atoms with E-state index in [4.69, 9.17) is 19.9 Å². The lowest BCUT2D eigenvalue weighted by molar-refractivity contribution is 1.07. The monoisotopic (exact) mass is 803 g/mol. The number of para-hydroxylation sites is 2. The Morgan fingerprint density at radius 3 is 1.38 bits per heavy atom. The van der Waals surface area contributed by atoms with Crippen LogP contribution in [0.2, 0.25) is 0 Å². The Bertz CT molecular complexity index is 3600. The van der Waals surface area contributed by atoms with E-state index in [1.165, 1.54) is 16.2 Å². The lowest BCUT2D eigenvalue weighted by Gasteiger charge is -2.12. The molecule has 12 aromatic rings. The predicted octanol–water partition coefficient (Wildman–Crippen LogP) is 14.7. The molecule has 0 bridgehead atoms. The summed E-state index contributed by atoms with van der Waals surface area (Å²) in [7, 11) is 0. The van der Waals surface area contributed by atoms with E-state index in [-0.39, 0.29) is 0 Å². The molecular weight excluding hydrogens is 767 g/mol. The summed E-state index contributed by atoms with van der Waals surface area (Å²) in [6, 6.07) is 78.8. The zero-order valence-corrected chi connectivity index (χ0v) is 34.1. The van der Waals surface area contributed by atoms with Crippen LogP contribution in [-0.4, -0.2) is 24.5 Å². The summed E-state index contributed by atoms with van der Waals surface area (Å²) in [5.41, 5.74) is 13.7. The van der Waals surface area contributed by atoms with Crippen molar-refractivity contribution in [1.29, 1.82) is 0 Å². The van der Waals surface area contributed by atoms with E-state index in [0.717, 1.165) is 83.2 Å². The Morgan fingerprint density at radius 2 is 0.746 bits per heavy atom. The average molecular weight is 804 g/mol. The highest BCUT2D eigenvalue weighted by Gasteiger charge is 2.21. The minimum absolute atomic E-state index is 0.631. The summed E-state index contributed by atoms with van der Waals surface area (Å²) in [5.74, 6) is 1.92. The predicted molar refractivity (Wildman–Crippen MR) is 260 cm³/mol. The van der Waals surface area contributed by atoms with Crippen LogP contribution in [0, 0.1) is 0 Å². The maximum absolute atomic E-state index is 5.36. The van der Waals surface area contributed by atoms with Gasteiger partial charge in [-0.05, 0) is 70.1 Å². The van der Waals surface area contributed by atoms with Crippen molar-refractivity contribution >= 4 is 43.5 Å². The lowest BCUT2D eigenvalue weighted by Crippen LogP contribution is -2.00. The first-order chi connectivity index (χ1) is 31.2. The fourth-order valence-electron chi connectivity index (χ4n) is 9.05. The van der Waals surface area contributed by atoms with Crippen LogP contribution in [0.4, 0.5) is 0 Å². The number of aromatic nitrogens is 5. The molecule has 3 aromatic heterocycles. The fourth-order valence-corrected chi connectivity index (χ4v) is 9.05. The second-order valence-electron chi connectivity index (χ2n) is 15.8. The van der Waals surface area contributed by atoms with Gasteiger partial charge in [-0.25, -0.2) is 19.9 Å². The van der Waals surface area contributed by atoms with Crippen LogP contribution >= 0.6 is 0 Å². The minimum atomic E-state index is 0.631.